The molecular weight excluding hydrogens is 427 g/mol. The Morgan fingerprint density at radius 1 is 1.19 bits per heavy atom. The van der Waals surface area contributed by atoms with Gasteiger partial charge < -0.3 is 9.72 Å². The number of halogens is 4. The minimum absolute atomic E-state index is 0.151. The Kier molecular flexibility index (Phi) is 4.94. The molecule has 31 heavy (non-hydrogen) atoms. The van der Waals surface area contributed by atoms with Gasteiger partial charge in [0.1, 0.15) is 11.6 Å². The molecule has 3 heterocycles. The number of hydrogen-bond acceptors (Lipinski definition) is 3. The second-order valence-electron chi connectivity index (χ2n) is 8.52. The van der Waals surface area contributed by atoms with Crippen molar-refractivity contribution in [1.29, 1.82) is 0 Å². The number of aromatic amines is 1. The quantitative estimate of drug-likeness (QED) is 0.524. The summed E-state index contributed by atoms with van der Waals surface area (Å²) in [6, 6.07) is 9.72. The number of benzene rings is 2. The molecule has 2 aliphatic heterocycles. The van der Waals surface area contributed by atoms with Gasteiger partial charge in [-0.3, -0.25) is 4.90 Å². The summed E-state index contributed by atoms with van der Waals surface area (Å²) in [5, 5.41) is 0.671. The number of rotatable bonds is 3. The maximum atomic E-state index is 13.1. The average Bonchev–Trinajstić information content (AvgIpc) is 3.31. The van der Waals surface area contributed by atoms with Crippen LogP contribution in [0.3, 0.4) is 0 Å². The van der Waals surface area contributed by atoms with Gasteiger partial charge in [-0.25, -0.2) is 4.98 Å². The average molecular weight is 450 g/mol. The first-order valence-corrected chi connectivity index (χ1v) is 10.9. The summed E-state index contributed by atoms with van der Waals surface area (Å²) in [7, 11) is 0. The zero-order valence-corrected chi connectivity index (χ0v) is 17.9. The van der Waals surface area contributed by atoms with E-state index >= 15 is 0 Å². The molecule has 2 aromatic carbocycles. The Morgan fingerprint density at radius 3 is 2.68 bits per heavy atom. The van der Waals surface area contributed by atoms with E-state index in [1.54, 1.807) is 6.07 Å². The number of alkyl halides is 3. The largest absolute Gasteiger partial charge is 0.492 e. The summed E-state index contributed by atoms with van der Waals surface area (Å²) in [6.45, 7) is 4.25. The maximum Gasteiger partial charge on any atom is 0.416 e. The van der Waals surface area contributed by atoms with Crippen molar-refractivity contribution in [3.63, 3.8) is 0 Å². The highest BCUT2D eigenvalue weighted by Crippen LogP contribution is 2.48. The van der Waals surface area contributed by atoms with E-state index in [9.17, 15) is 13.2 Å². The summed E-state index contributed by atoms with van der Waals surface area (Å²) >= 11 is 6.10. The third kappa shape index (κ3) is 3.57. The molecule has 1 atom stereocenters. The second-order valence-corrected chi connectivity index (χ2v) is 8.96. The molecule has 164 valence electrons. The number of fused-ring (bicyclic) bond motifs is 3. The van der Waals surface area contributed by atoms with E-state index in [4.69, 9.17) is 21.3 Å². The lowest BCUT2D eigenvalue weighted by Gasteiger charge is -2.41. The summed E-state index contributed by atoms with van der Waals surface area (Å²) in [5.41, 5.74) is 1.86. The first-order chi connectivity index (χ1) is 14.8. The fraction of sp³-hybridized carbons (Fsp3) is 0.435. The number of nitrogens with one attached hydrogen (secondary N) is 1. The molecule has 0 radical (unpaired) electrons. The number of aromatic nitrogens is 2. The zero-order chi connectivity index (χ0) is 21.8. The number of nitrogens with zero attached hydrogens (tertiary/aromatic N) is 2. The van der Waals surface area contributed by atoms with E-state index < -0.39 is 11.7 Å². The first kappa shape index (κ1) is 20.6. The molecular formula is C23H23ClF3N3O. The van der Waals surface area contributed by atoms with Crippen LogP contribution in [0.25, 0.3) is 11.0 Å². The number of H-pyrrole nitrogens is 1. The van der Waals surface area contributed by atoms with Crippen molar-refractivity contribution in [2.24, 2.45) is 0 Å². The fourth-order valence-electron chi connectivity index (χ4n) is 5.01. The van der Waals surface area contributed by atoms with Crippen LogP contribution in [0.5, 0.6) is 5.75 Å². The molecule has 0 aliphatic carbocycles. The molecule has 1 saturated heterocycles. The van der Waals surface area contributed by atoms with Crippen LogP contribution in [-0.2, 0) is 11.6 Å². The molecule has 1 N–H and O–H groups in total. The minimum Gasteiger partial charge on any atom is -0.492 e. The molecule has 2 aliphatic rings. The van der Waals surface area contributed by atoms with E-state index in [2.05, 4.69) is 16.8 Å². The van der Waals surface area contributed by atoms with E-state index in [0.29, 0.717) is 17.4 Å². The van der Waals surface area contributed by atoms with E-state index in [-0.39, 0.29) is 11.5 Å². The molecule has 5 rings (SSSR count). The summed E-state index contributed by atoms with van der Waals surface area (Å²) < 4.78 is 44.9. The van der Waals surface area contributed by atoms with Crippen LogP contribution in [0.2, 0.25) is 5.02 Å². The van der Waals surface area contributed by atoms with Crippen LogP contribution < -0.4 is 4.74 Å². The summed E-state index contributed by atoms with van der Waals surface area (Å²) in [6.07, 6.45) is -1.77. The highest BCUT2D eigenvalue weighted by molar-refractivity contribution is 6.31. The normalized spacial score (nSPS) is 19.5. The summed E-state index contributed by atoms with van der Waals surface area (Å²) in [5.74, 6) is 1.30. The van der Waals surface area contributed by atoms with Gasteiger partial charge in [-0.1, -0.05) is 24.6 Å². The van der Waals surface area contributed by atoms with Crippen LogP contribution in [0.4, 0.5) is 13.2 Å². The van der Waals surface area contributed by atoms with Crippen molar-refractivity contribution in [3.8, 4) is 5.75 Å². The summed E-state index contributed by atoms with van der Waals surface area (Å²) in [4.78, 5) is 10.6. The third-order valence-corrected chi connectivity index (χ3v) is 6.98. The number of imidazole rings is 1. The van der Waals surface area contributed by atoms with Crippen LogP contribution >= 0.6 is 11.6 Å². The van der Waals surface area contributed by atoms with E-state index in [0.717, 1.165) is 60.8 Å². The first-order valence-electron chi connectivity index (χ1n) is 10.5. The SMILES string of the molecule is CCC(c1nc2ccc(Cl)cc2[nH]1)N1CCC2(CC1)COc1cc(C(F)(F)F)ccc12. The molecule has 0 amide bonds. The number of piperidine rings is 1. The lowest BCUT2D eigenvalue weighted by Crippen LogP contribution is -2.45. The minimum atomic E-state index is -4.36. The highest BCUT2D eigenvalue weighted by atomic mass is 35.5. The smallest absolute Gasteiger partial charge is 0.416 e. The van der Waals surface area contributed by atoms with Crippen molar-refractivity contribution in [2.75, 3.05) is 19.7 Å². The van der Waals surface area contributed by atoms with E-state index in [1.807, 2.05) is 18.2 Å². The lowest BCUT2D eigenvalue weighted by molar-refractivity contribution is -0.137. The van der Waals surface area contributed by atoms with Gasteiger partial charge in [0.15, 0.2) is 0 Å². The Morgan fingerprint density at radius 2 is 1.97 bits per heavy atom. The lowest BCUT2D eigenvalue weighted by atomic mass is 9.74. The molecule has 0 saturated carbocycles. The van der Waals surface area contributed by atoms with Gasteiger partial charge in [-0.05, 0) is 62.7 Å². The van der Waals surface area contributed by atoms with E-state index in [1.165, 1.54) is 6.07 Å². The van der Waals surface area contributed by atoms with Gasteiger partial charge in [-0.15, -0.1) is 0 Å². The third-order valence-electron chi connectivity index (χ3n) is 6.74. The standard InChI is InChI=1S/C23H23ClF3N3O/c1-2-19(21-28-17-6-4-15(24)12-18(17)29-21)30-9-7-22(8-10-30)13-31-20-11-14(23(25,26)27)3-5-16(20)22/h3-6,11-12,19H,2,7-10,13H2,1H3,(H,28,29). The number of ether oxygens (including phenoxy) is 1. The molecule has 1 spiro atoms. The van der Waals surface area contributed by atoms with Gasteiger partial charge in [0, 0.05) is 16.0 Å². The second kappa shape index (κ2) is 7.41. The molecule has 8 heteroatoms. The molecule has 0 bridgehead atoms. The van der Waals surface area contributed by atoms with Crippen molar-refractivity contribution in [2.45, 2.75) is 43.8 Å². The van der Waals surface area contributed by atoms with Gasteiger partial charge in [0.05, 0.1) is 29.2 Å². The molecule has 4 nitrogen and oxygen atoms in total. The Labute approximate surface area is 183 Å². The van der Waals surface area contributed by atoms with Crippen molar-refractivity contribution in [1.82, 2.24) is 14.9 Å². The van der Waals surface area contributed by atoms with Gasteiger partial charge in [-0.2, -0.15) is 13.2 Å². The van der Waals surface area contributed by atoms with Crippen LogP contribution in [-0.4, -0.2) is 34.6 Å². The Bertz CT molecular complexity index is 1120. The fourth-order valence-corrected chi connectivity index (χ4v) is 5.18. The van der Waals surface area contributed by atoms with Crippen LogP contribution in [0.15, 0.2) is 36.4 Å². The van der Waals surface area contributed by atoms with Crippen LogP contribution in [0.1, 0.15) is 49.2 Å². The molecule has 1 fully saturated rings. The number of hydrogen-bond donors (Lipinski definition) is 1. The Hall–Kier alpha value is -2.25. The van der Waals surface area contributed by atoms with Gasteiger partial charge in [0.2, 0.25) is 0 Å². The monoisotopic (exact) mass is 449 g/mol. The van der Waals surface area contributed by atoms with Crippen molar-refractivity contribution < 1.29 is 17.9 Å². The van der Waals surface area contributed by atoms with Crippen molar-refractivity contribution >= 4 is 22.6 Å². The topological polar surface area (TPSA) is 41.2 Å². The predicted molar refractivity (Wildman–Crippen MR) is 114 cm³/mol. The predicted octanol–water partition coefficient (Wildman–Crippen LogP) is 6.11. The molecule has 1 aromatic heterocycles. The van der Waals surface area contributed by atoms with Gasteiger partial charge in [0.25, 0.3) is 0 Å². The maximum absolute atomic E-state index is 13.1. The van der Waals surface area contributed by atoms with Crippen molar-refractivity contribution in [3.05, 3.63) is 58.4 Å². The van der Waals surface area contributed by atoms with Gasteiger partial charge >= 0.3 is 6.18 Å². The molecule has 3 aromatic rings. The molecule has 1 unspecified atom stereocenters. The highest BCUT2D eigenvalue weighted by Gasteiger charge is 2.45. The Balaban J connectivity index is 1.35. The zero-order valence-electron chi connectivity index (χ0n) is 17.1. The number of likely N-dealkylation sites (tertiary alicyclic amines) is 1. The van der Waals surface area contributed by atoms with Crippen LogP contribution in [0, 0.1) is 0 Å².